The zero-order valence-corrected chi connectivity index (χ0v) is 14.8. The third-order valence-corrected chi connectivity index (χ3v) is 4.05. The van der Waals surface area contributed by atoms with Gasteiger partial charge in [-0.1, -0.05) is 12.1 Å². The molecule has 2 heterocycles. The fourth-order valence-corrected chi connectivity index (χ4v) is 2.60. The summed E-state index contributed by atoms with van der Waals surface area (Å²) in [6.07, 6.45) is 4.56. The van der Waals surface area contributed by atoms with Crippen LogP contribution in [0.2, 0.25) is 0 Å². The Kier molecular flexibility index (Phi) is 5.58. The monoisotopic (exact) mass is 351 g/mol. The number of benzene rings is 1. The van der Waals surface area contributed by atoms with Crippen LogP contribution in [0.25, 0.3) is 11.3 Å². The highest BCUT2D eigenvalue weighted by Gasteiger charge is 2.08. The van der Waals surface area contributed by atoms with Gasteiger partial charge in [-0.2, -0.15) is 0 Å². The Morgan fingerprint density at radius 3 is 2.81 bits per heavy atom. The summed E-state index contributed by atoms with van der Waals surface area (Å²) in [4.78, 5) is 16.6. The van der Waals surface area contributed by atoms with Gasteiger partial charge in [-0.25, -0.2) is 4.98 Å². The lowest BCUT2D eigenvalue weighted by Gasteiger charge is -2.08. The van der Waals surface area contributed by atoms with Crippen LogP contribution in [0.15, 0.2) is 48.8 Å². The first-order valence-electron chi connectivity index (χ1n) is 8.41. The summed E-state index contributed by atoms with van der Waals surface area (Å²) in [6.45, 7) is 3.39. The summed E-state index contributed by atoms with van der Waals surface area (Å²) in [5.74, 6) is 1.33. The van der Waals surface area contributed by atoms with Crippen molar-refractivity contribution in [3.05, 3.63) is 60.2 Å². The molecule has 0 saturated heterocycles. The summed E-state index contributed by atoms with van der Waals surface area (Å²) >= 11 is 0. The number of aryl methyl sites for hydroxylation is 2. The molecule has 0 bridgehead atoms. The first kappa shape index (κ1) is 17.6. The number of carbonyl (C=O) groups is 1. The van der Waals surface area contributed by atoms with E-state index < -0.39 is 0 Å². The lowest BCUT2D eigenvalue weighted by Crippen LogP contribution is -2.25. The van der Waals surface area contributed by atoms with E-state index in [9.17, 15) is 4.79 Å². The predicted octanol–water partition coefficient (Wildman–Crippen LogP) is 2.48. The Morgan fingerprint density at radius 2 is 2.12 bits per heavy atom. The van der Waals surface area contributed by atoms with E-state index >= 15 is 0 Å². The topological polar surface area (TPSA) is 81.9 Å². The average Bonchev–Trinajstić information content (AvgIpc) is 3.10. The van der Waals surface area contributed by atoms with E-state index in [0.29, 0.717) is 23.7 Å². The molecule has 0 saturated carbocycles. The second-order valence-corrected chi connectivity index (χ2v) is 5.82. The molecule has 0 aliphatic rings. The van der Waals surface area contributed by atoms with Gasteiger partial charge in [0.25, 0.3) is 5.91 Å². The number of methoxy groups -OCH3 is 1. The molecule has 0 aliphatic heterocycles. The highest BCUT2D eigenvalue weighted by atomic mass is 16.5. The third-order valence-electron chi connectivity index (χ3n) is 4.05. The minimum absolute atomic E-state index is 0.101. The van der Waals surface area contributed by atoms with Crippen LogP contribution in [-0.2, 0) is 6.54 Å². The van der Waals surface area contributed by atoms with Crippen molar-refractivity contribution in [3.63, 3.8) is 0 Å². The van der Waals surface area contributed by atoms with E-state index in [-0.39, 0.29) is 5.91 Å². The van der Waals surface area contributed by atoms with Crippen LogP contribution in [0.1, 0.15) is 22.6 Å². The van der Waals surface area contributed by atoms with Crippen LogP contribution in [0.5, 0.6) is 5.88 Å². The summed E-state index contributed by atoms with van der Waals surface area (Å²) in [6, 6.07) is 10.9. The van der Waals surface area contributed by atoms with Crippen molar-refractivity contribution in [2.45, 2.75) is 19.9 Å². The lowest BCUT2D eigenvalue weighted by molar-refractivity contribution is 0.0953. The molecule has 0 radical (unpaired) electrons. The molecule has 3 aromatic rings. The molecule has 7 heteroatoms. The maximum absolute atomic E-state index is 12.4. The van der Waals surface area contributed by atoms with E-state index in [0.717, 1.165) is 24.4 Å². The van der Waals surface area contributed by atoms with Crippen LogP contribution in [0.4, 0.5) is 0 Å². The lowest BCUT2D eigenvalue weighted by atomic mass is 10.1. The van der Waals surface area contributed by atoms with Crippen LogP contribution in [-0.4, -0.2) is 39.3 Å². The fourth-order valence-electron chi connectivity index (χ4n) is 2.60. The van der Waals surface area contributed by atoms with Crippen LogP contribution < -0.4 is 10.1 Å². The average molecular weight is 351 g/mol. The zero-order valence-electron chi connectivity index (χ0n) is 14.8. The highest BCUT2D eigenvalue weighted by molar-refractivity contribution is 5.95. The van der Waals surface area contributed by atoms with Crippen LogP contribution in [0, 0.1) is 6.92 Å². The van der Waals surface area contributed by atoms with E-state index in [2.05, 4.69) is 25.1 Å². The molecule has 2 aromatic heterocycles. The number of hydrogen-bond donors (Lipinski definition) is 1. The molecule has 0 spiro atoms. The molecular weight excluding hydrogens is 330 g/mol. The summed E-state index contributed by atoms with van der Waals surface area (Å²) < 4.78 is 7.08. The van der Waals surface area contributed by atoms with Crippen molar-refractivity contribution >= 4 is 5.91 Å². The molecule has 26 heavy (non-hydrogen) atoms. The van der Waals surface area contributed by atoms with E-state index in [4.69, 9.17) is 4.74 Å². The van der Waals surface area contributed by atoms with Crippen molar-refractivity contribution in [3.8, 4) is 17.1 Å². The van der Waals surface area contributed by atoms with Crippen LogP contribution >= 0.6 is 0 Å². The Bertz CT molecular complexity index is 874. The molecule has 0 atom stereocenters. The number of rotatable bonds is 7. The van der Waals surface area contributed by atoms with Gasteiger partial charge in [-0.05, 0) is 31.5 Å². The maximum atomic E-state index is 12.4. The summed E-state index contributed by atoms with van der Waals surface area (Å²) in [7, 11) is 1.54. The van der Waals surface area contributed by atoms with Gasteiger partial charge in [0.05, 0.1) is 12.8 Å². The fraction of sp³-hybridized carbons (Fsp3) is 0.263. The molecule has 134 valence electrons. The van der Waals surface area contributed by atoms with Gasteiger partial charge < -0.3 is 14.6 Å². The zero-order chi connectivity index (χ0) is 18.4. The number of ether oxygens (including phenoxy) is 1. The van der Waals surface area contributed by atoms with Gasteiger partial charge >= 0.3 is 0 Å². The minimum atomic E-state index is -0.101. The van der Waals surface area contributed by atoms with Crippen molar-refractivity contribution in [2.24, 2.45) is 0 Å². The summed E-state index contributed by atoms with van der Waals surface area (Å²) in [5.41, 5.74) is 2.12. The van der Waals surface area contributed by atoms with E-state index in [1.54, 1.807) is 25.4 Å². The van der Waals surface area contributed by atoms with Gasteiger partial charge in [0.1, 0.15) is 5.82 Å². The SMILES string of the molecule is COc1ccc(-c2cccc(C(=O)NCCCn3ccnc3C)c2)nn1. The second kappa shape index (κ2) is 8.24. The van der Waals surface area contributed by atoms with Crippen LogP contribution in [0.3, 0.4) is 0 Å². The second-order valence-electron chi connectivity index (χ2n) is 5.82. The Hall–Kier alpha value is -3.22. The number of hydrogen-bond acceptors (Lipinski definition) is 5. The van der Waals surface area contributed by atoms with Crippen molar-refractivity contribution in [2.75, 3.05) is 13.7 Å². The quantitative estimate of drug-likeness (QED) is 0.661. The summed E-state index contributed by atoms with van der Waals surface area (Å²) in [5, 5.41) is 11.0. The third kappa shape index (κ3) is 4.24. The van der Waals surface area contributed by atoms with Crippen molar-refractivity contribution < 1.29 is 9.53 Å². The highest BCUT2D eigenvalue weighted by Crippen LogP contribution is 2.19. The maximum Gasteiger partial charge on any atom is 0.251 e. The minimum Gasteiger partial charge on any atom is -0.480 e. The van der Waals surface area contributed by atoms with Gasteiger partial charge in [0.2, 0.25) is 5.88 Å². The van der Waals surface area contributed by atoms with E-state index in [1.807, 2.05) is 37.4 Å². The molecule has 0 fully saturated rings. The Morgan fingerprint density at radius 1 is 1.23 bits per heavy atom. The largest absolute Gasteiger partial charge is 0.480 e. The van der Waals surface area contributed by atoms with E-state index in [1.165, 1.54) is 0 Å². The molecule has 3 rings (SSSR count). The van der Waals surface area contributed by atoms with Gasteiger partial charge in [0, 0.05) is 42.7 Å². The van der Waals surface area contributed by atoms with Gasteiger partial charge in [-0.15, -0.1) is 10.2 Å². The molecule has 7 nitrogen and oxygen atoms in total. The molecule has 1 N–H and O–H groups in total. The number of nitrogens with one attached hydrogen (secondary N) is 1. The predicted molar refractivity (Wildman–Crippen MR) is 97.9 cm³/mol. The van der Waals surface area contributed by atoms with Gasteiger partial charge in [0.15, 0.2) is 0 Å². The molecular formula is C19H21N5O2. The molecule has 0 unspecified atom stereocenters. The first-order chi connectivity index (χ1) is 12.7. The van der Waals surface area contributed by atoms with Crippen molar-refractivity contribution in [1.29, 1.82) is 0 Å². The molecule has 0 aliphatic carbocycles. The van der Waals surface area contributed by atoms with Crippen molar-refractivity contribution in [1.82, 2.24) is 25.1 Å². The standard InChI is InChI=1S/C19H21N5O2/c1-14-20-10-12-24(14)11-4-9-21-19(25)16-6-3-5-15(13-16)17-7-8-18(26-2)23-22-17/h3,5-8,10,12-13H,4,9,11H2,1-2H3,(H,21,25). The number of carbonyl (C=O) groups excluding carboxylic acids is 1. The smallest absolute Gasteiger partial charge is 0.251 e. The first-order valence-corrected chi connectivity index (χ1v) is 8.41. The number of aromatic nitrogens is 4. The number of nitrogens with zero attached hydrogens (tertiary/aromatic N) is 4. The number of amides is 1. The number of imidazole rings is 1. The van der Waals surface area contributed by atoms with Gasteiger partial charge in [-0.3, -0.25) is 4.79 Å². The molecule has 1 amide bonds. The Labute approximate surface area is 152 Å². The normalized spacial score (nSPS) is 10.5. The molecule has 1 aromatic carbocycles. The Balaban J connectivity index is 1.58.